The average Bonchev–Trinajstić information content (AvgIpc) is 3.32. The number of hydrogen-bond donors (Lipinski definition) is 2. The molecule has 2 N–H and O–H groups in total. The third-order valence-electron chi connectivity index (χ3n) is 5.92. The van der Waals surface area contributed by atoms with Crippen molar-refractivity contribution in [2.75, 3.05) is 17.2 Å². The molecule has 0 spiro atoms. The molecule has 3 aromatic carbocycles. The Kier molecular flexibility index (Phi) is 7.43. The van der Waals surface area contributed by atoms with Gasteiger partial charge in [0, 0.05) is 28.2 Å². The lowest BCUT2D eigenvalue weighted by atomic mass is 10.00. The average molecular weight is 597 g/mol. The zero-order valence-electron chi connectivity index (χ0n) is 17.8. The lowest BCUT2D eigenvalue weighted by Crippen LogP contribution is -2.23. The summed E-state index contributed by atoms with van der Waals surface area (Å²) in [7, 11) is 0. The van der Waals surface area contributed by atoms with Crippen LogP contribution in [-0.4, -0.2) is 23.1 Å². The summed E-state index contributed by atoms with van der Waals surface area (Å²) in [5.74, 6) is -6.17. The smallest absolute Gasteiger partial charge is 0.257 e. The SMILES string of the molecule is O=CC1(CNc2ccc(Cl)c(C(=O)Nc3ccc(F)c(F)c3F)c2)C(c2cc(Cl)cc(Cl)c2)C1(Cl)Cl. The number of carbonyl (C=O) groups excluding carboxylic acids is 2. The minimum atomic E-state index is -1.72. The van der Waals surface area contributed by atoms with E-state index in [1.165, 1.54) is 24.3 Å². The summed E-state index contributed by atoms with van der Waals surface area (Å²) < 4.78 is 39.2. The summed E-state index contributed by atoms with van der Waals surface area (Å²) in [6.45, 7) is -0.0290. The van der Waals surface area contributed by atoms with E-state index >= 15 is 0 Å². The van der Waals surface area contributed by atoms with Gasteiger partial charge in [-0.05, 0) is 54.1 Å². The van der Waals surface area contributed by atoms with Crippen LogP contribution in [0.5, 0.6) is 0 Å². The van der Waals surface area contributed by atoms with E-state index in [1.54, 1.807) is 12.1 Å². The van der Waals surface area contributed by atoms with Crippen molar-refractivity contribution < 1.29 is 22.8 Å². The first-order valence-electron chi connectivity index (χ1n) is 10.2. The van der Waals surface area contributed by atoms with Crippen molar-refractivity contribution in [3.63, 3.8) is 0 Å². The largest absolute Gasteiger partial charge is 0.384 e. The number of carbonyl (C=O) groups is 2. The molecule has 2 unspecified atom stereocenters. The Morgan fingerprint density at radius 2 is 1.61 bits per heavy atom. The quantitative estimate of drug-likeness (QED) is 0.166. The fourth-order valence-corrected chi connectivity index (χ4v) is 5.72. The van der Waals surface area contributed by atoms with Gasteiger partial charge < -0.3 is 15.4 Å². The summed E-state index contributed by atoms with van der Waals surface area (Å²) in [5.41, 5.74) is -0.973. The van der Waals surface area contributed by atoms with Gasteiger partial charge in [-0.2, -0.15) is 0 Å². The van der Waals surface area contributed by atoms with E-state index in [2.05, 4.69) is 10.6 Å². The molecule has 1 amide bonds. The Hall–Kier alpha value is -2.16. The van der Waals surface area contributed by atoms with Gasteiger partial charge in [0.2, 0.25) is 0 Å². The molecule has 4 rings (SSSR count). The Bertz CT molecular complexity index is 1370. The maximum Gasteiger partial charge on any atom is 0.257 e. The molecule has 2 atom stereocenters. The van der Waals surface area contributed by atoms with E-state index in [1.807, 2.05) is 0 Å². The monoisotopic (exact) mass is 594 g/mol. The van der Waals surface area contributed by atoms with Crippen molar-refractivity contribution in [1.29, 1.82) is 0 Å². The van der Waals surface area contributed by atoms with E-state index in [0.29, 0.717) is 33.6 Å². The number of rotatable bonds is 7. The minimum absolute atomic E-state index is 0.00745. The molecule has 0 saturated heterocycles. The number of amides is 1. The molecule has 1 aliphatic rings. The van der Waals surface area contributed by atoms with Gasteiger partial charge in [-0.25, -0.2) is 13.2 Å². The van der Waals surface area contributed by atoms with Crippen molar-refractivity contribution in [1.82, 2.24) is 0 Å². The second kappa shape index (κ2) is 9.95. The van der Waals surface area contributed by atoms with Crippen LogP contribution in [0.3, 0.4) is 0 Å². The molecule has 1 aliphatic carbocycles. The molecular formula is C24H14Cl5F3N2O2. The fraction of sp³-hybridized carbons (Fsp3) is 0.167. The summed E-state index contributed by atoms with van der Waals surface area (Å²) in [6.07, 6.45) is 0.648. The number of nitrogens with one attached hydrogen (secondary N) is 2. The van der Waals surface area contributed by atoms with E-state index < -0.39 is 44.7 Å². The lowest BCUT2D eigenvalue weighted by molar-refractivity contribution is -0.112. The number of halogens is 8. The zero-order valence-corrected chi connectivity index (χ0v) is 21.6. The Labute approximate surface area is 228 Å². The molecule has 1 fully saturated rings. The maximum absolute atomic E-state index is 14.0. The van der Waals surface area contributed by atoms with Crippen molar-refractivity contribution in [2.45, 2.75) is 10.3 Å². The van der Waals surface area contributed by atoms with Gasteiger partial charge in [-0.3, -0.25) is 4.79 Å². The van der Waals surface area contributed by atoms with Crippen LogP contribution in [0.15, 0.2) is 48.5 Å². The third kappa shape index (κ3) is 4.75. The molecule has 3 aromatic rings. The van der Waals surface area contributed by atoms with Gasteiger partial charge in [0.05, 0.1) is 21.7 Å². The summed E-state index contributed by atoms with van der Waals surface area (Å²) in [5, 5.41) is 5.88. The number of hydrogen-bond acceptors (Lipinski definition) is 3. The van der Waals surface area contributed by atoms with E-state index in [4.69, 9.17) is 58.0 Å². The number of alkyl halides is 2. The highest BCUT2D eigenvalue weighted by Gasteiger charge is 2.76. The molecule has 36 heavy (non-hydrogen) atoms. The first kappa shape index (κ1) is 26.9. The molecule has 0 heterocycles. The van der Waals surface area contributed by atoms with Gasteiger partial charge >= 0.3 is 0 Å². The van der Waals surface area contributed by atoms with E-state index in [9.17, 15) is 22.8 Å². The molecule has 4 nitrogen and oxygen atoms in total. The minimum Gasteiger partial charge on any atom is -0.384 e. The first-order chi connectivity index (χ1) is 16.9. The maximum atomic E-state index is 14.0. The van der Waals surface area contributed by atoms with Crippen molar-refractivity contribution >= 4 is 81.6 Å². The van der Waals surface area contributed by atoms with Gasteiger partial charge in [0.1, 0.15) is 10.6 Å². The number of anilines is 2. The van der Waals surface area contributed by atoms with Gasteiger partial charge in [0.25, 0.3) is 5.91 Å². The summed E-state index contributed by atoms with van der Waals surface area (Å²) >= 11 is 31.3. The predicted octanol–water partition coefficient (Wildman–Crippen LogP) is 7.88. The van der Waals surface area contributed by atoms with Crippen LogP contribution < -0.4 is 10.6 Å². The molecule has 0 bridgehead atoms. The normalized spacial score (nSPS) is 20.1. The topological polar surface area (TPSA) is 58.2 Å². The van der Waals surface area contributed by atoms with E-state index in [-0.39, 0.29) is 17.1 Å². The highest BCUT2D eigenvalue weighted by Crippen LogP contribution is 2.73. The first-order valence-corrected chi connectivity index (χ1v) is 12.1. The standard InChI is InChI=1S/C24H14Cl5F3N2O2/c25-12-5-11(6-13(26)7-12)21-23(10-35,24(21,28)29)9-33-14-1-2-16(27)15(8-14)22(36)34-18-4-3-17(30)19(31)20(18)32/h1-8,10,21,33H,9H2,(H,34,36). The van der Waals surface area contributed by atoms with Crippen LogP contribution in [0.25, 0.3) is 0 Å². The van der Waals surface area contributed by atoms with Gasteiger partial charge in [-0.1, -0.05) is 58.0 Å². The van der Waals surface area contributed by atoms with E-state index in [0.717, 1.165) is 6.07 Å². The number of benzene rings is 3. The second-order valence-electron chi connectivity index (χ2n) is 8.14. The van der Waals surface area contributed by atoms with Gasteiger partial charge in [-0.15, -0.1) is 0 Å². The zero-order chi connectivity index (χ0) is 26.4. The summed E-state index contributed by atoms with van der Waals surface area (Å²) in [4.78, 5) is 24.8. The molecule has 12 heteroatoms. The molecular weight excluding hydrogens is 583 g/mol. The second-order valence-corrected chi connectivity index (χ2v) is 10.8. The molecule has 0 aromatic heterocycles. The van der Waals surface area contributed by atoms with Crippen LogP contribution in [0.2, 0.25) is 15.1 Å². The Morgan fingerprint density at radius 1 is 0.944 bits per heavy atom. The van der Waals surface area contributed by atoms with Crippen LogP contribution >= 0.6 is 58.0 Å². The number of aldehydes is 1. The van der Waals surface area contributed by atoms with Crippen LogP contribution in [-0.2, 0) is 4.79 Å². The van der Waals surface area contributed by atoms with Crippen LogP contribution in [0.1, 0.15) is 21.8 Å². The third-order valence-corrected chi connectivity index (χ3v) is 7.83. The van der Waals surface area contributed by atoms with Crippen molar-refractivity contribution in [3.8, 4) is 0 Å². The predicted molar refractivity (Wildman–Crippen MR) is 136 cm³/mol. The Balaban J connectivity index is 1.55. The summed E-state index contributed by atoms with van der Waals surface area (Å²) in [6, 6.07) is 10.6. The highest BCUT2D eigenvalue weighted by molar-refractivity contribution is 6.54. The fourth-order valence-electron chi connectivity index (χ4n) is 4.00. The molecule has 1 saturated carbocycles. The van der Waals surface area contributed by atoms with Gasteiger partial charge in [0.15, 0.2) is 17.5 Å². The highest BCUT2D eigenvalue weighted by atomic mass is 35.5. The molecule has 0 aliphatic heterocycles. The Morgan fingerprint density at radius 3 is 2.25 bits per heavy atom. The van der Waals surface area contributed by atoms with Crippen LogP contribution in [0.4, 0.5) is 24.5 Å². The van der Waals surface area contributed by atoms with Crippen LogP contribution in [0, 0.1) is 22.9 Å². The van der Waals surface area contributed by atoms with Crippen molar-refractivity contribution in [2.24, 2.45) is 5.41 Å². The lowest BCUT2D eigenvalue weighted by Gasteiger charge is -2.15. The van der Waals surface area contributed by atoms with Crippen molar-refractivity contribution in [3.05, 3.63) is 92.2 Å². The molecule has 0 radical (unpaired) electrons. The molecule has 188 valence electrons.